The van der Waals surface area contributed by atoms with E-state index in [0.29, 0.717) is 12.4 Å². The molecule has 0 amide bonds. The Bertz CT molecular complexity index is 541. The molecular weight excluding hydrogens is 260 g/mol. The van der Waals surface area contributed by atoms with E-state index in [1.807, 2.05) is 31.3 Å². The summed E-state index contributed by atoms with van der Waals surface area (Å²) in [5.74, 6) is 0.436. The van der Waals surface area contributed by atoms with Gasteiger partial charge >= 0.3 is 0 Å². The number of nitrogens with zero attached hydrogens (tertiary/aromatic N) is 3. The summed E-state index contributed by atoms with van der Waals surface area (Å²) in [5.41, 5.74) is 7.51. The van der Waals surface area contributed by atoms with Gasteiger partial charge in [0, 0.05) is 17.6 Å². The first kappa shape index (κ1) is 13.8. The Labute approximate surface area is 118 Å². The van der Waals surface area contributed by atoms with Crippen LogP contribution in [0.25, 0.3) is 0 Å². The van der Waals surface area contributed by atoms with Crippen molar-refractivity contribution >= 4 is 17.4 Å². The second-order valence-corrected chi connectivity index (χ2v) is 4.95. The van der Waals surface area contributed by atoms with Gasteiger partial charge in [-0.15, -0.1) is 0 Å². The summed E-state index contributed by atoms with van der Waals surface area (Å²) in [5, 5.41) is 0.783. The van der Waals surface area contributed by atoms with Crippen LogP contribution in [0.5, 0.6) is 0 Å². The van der Waals surface area contributed by atoms with Crippen molar-refractivity contribution in [2.45, 2.75) is 19.5 Å². The Morgan fingerprint density at radius 2 is 2.00 bits per heavy atom. The first-order chi connectivity index (χ1) is 9.08. The largest absolute Gasteiger partial charge is 0.382 e. The zero-order valence-electron chi connectivity index (χ0n) is 11.0. The van der Waals surface area contributed by atoms with E-state index >= 15 is 0 Å². The van der Waals surface area contributed by atoms with Gasteiger partial charge in [0.2, 0.25) is 0 Å². The number of nitrogen functional groups attached to an aromatic ring is 1. The van der Waals surface area contributed by atoms with Crippen molar-refractivity contribution < 1.29 is 0 Å². The van der Waals surface area contributed by atoms with Crippen LogP contribution in [-0.2, 0) is 6.54 Å². The van der Waals surface area contributed by atoms with Gasteiger partial charge in [0.25, 0.3) is 0 Å². The molecule has 1 aromatic carbocycles. The lowest BCUT2D eigenvalue weighted by Gasteiger charge is -2.25. The molecule has 4 nitrogen and oxygen atoms in total. The van der Waals surface area contributed by atoms with Gasteiger partial charge in [0.15, 0.2) is 0 Å². The third-order valence-corrected chi connectivity index (χ3v) is 3.50. The summed E-state index contributed by atoms with van der Waals surface area (Å²) in [7, 11) is 2.03. The van der Waals surface area contributed by atoms with Gasteiger partial charge in [-0.3, -0.25) is 9.88 Å². The molecule has 0 radical (unpaired) electrons. The van der Waals surface area contributed by atoms with E-state index in [1.54, 1.807) is 12.4 Å². The van der Waals surface area contributed by atoms with Gasteiger partial charge in [0.1, 0.15) is 5.82 Å². The van der Waals surface area contributed by atoms with E-state index < -0.39 is 0 Å². The molecule has 2 N–H and O–H groups in total. The third-order valence-electron chi connectivity index (χ3n) is 3.15. The van der Waals surface area contributed by atoms with Crippen LogP contribution in [0.1, 0.15) is 24.2 Å². The predicted molar refractivity (Wildman–Crippen MR) is 77.8 cm³/mol. The molecule has 0 bridgehead atoms. The molecule has 1 unspecified atom stereocenters. The number of hydrogen-bond donors (Lipinski definition) is 1. The topological polar surface area (TPSA) is 55.0 Å². The predicted octanol–water partition coefficient (Wildman–Crippen LogP) is 2.91. The molecule has 100 valence electrons. The van der Waals surface area contributed by atoms with Crippen molar-refractivity contribution in [3.63, 3.8) is 0 Å². The van der Waals surface area contributed by atoms with Crippen LogP contribution in [0.3, 0.4) is 0 Å². The minimum absolute atomic E-state index is 0.202. The van der Waals surface area contributed by atoms with Crippen LogP contribution in [0, 0.1) is 0 Å². The van der Waals surface area contributed by atoms with Gasteiger partial charge in [-0.1, -0.05) is 29.8 Å². The van der Waals surface area contributed by atoms with Crippen LogP contribution in [0.4, 0.5) is 5.82 Å². The van der Waals surface area contributed by atoms with Gasteiger partial charge in [-0.05, 0) is 25.6 Å². The van der Waals surface area contributed by atoms with Crippen molar-refractivity contribution in [2.24, 2.45) is 0 Å². The highest BCUT2D eigenvalue weighted by atomic mass is 35.5. The monoisotopic (exact) mass is 276 g/mol. The van der Waals surface area contributed by atoms with Crippen LogP contribution < -0.4 is 5.73 Å². The fourth-order valence-corrected chi connectivity index (χ4v) is 2.18. The molecule has 1 atom stereocenters. The van der Waals surface area contributed by atoms with E-state index in [4.69, 9.17) is 17.3 Å². The molecular formula is C14H17ClN4. The Kier molecular flexibility index (Phi) is 4.35. The highest BCUT2D eigenvalue weighted by Gasteiger charge is 2.15. The van der Waals surface area contributed by atoms with E-state index in [-0.39, 0.29) is 6.04 Å². The third kappa shape index (κ3) is 3.43. The molecule has 0 saturated heterocycles. The number of benzene rings is 1. The van der Waals surface area contributed by atoms with Crippen molar-refractivity contribution in [3.8, 4) is 0 Å². The quantitative estimate of drug-likeness (QED) is 0.933. The van der Waals surface area contributed by atoms with Gasteiger partial charge in [-0.2, -0.15) is 0 Å². The maximum Gasteiger partial charge on any atom is 0.141 e. The Morgan fingerprint density at radius 3 is 2.63 bits per heavy atom. The molecule has 0 aliphatic rings. The highest BCUT2D eigenvalue weighted by Crippen LogP contribution is 2.26. The SMILES string of the molecule is CC(c1ccccc1Cl)N(C)Cc1cnc(N)cn1. The summed E-state index contributed by atoms with van der Waals surface area (Å²) < 4.78 is 0. The van der Waals surface area contributed by atoms with E-state index in [1.165, 1.54) is 0 Å². The standard InChI is InChI=1S/C14H17ClN4/c1-10(12-5-3-4-6-13(12)15)19(2)9-11-7-18-14(16)8-17-11/h3-8,10H,9H2,1-2H3,(H2,16,18). The van der Waals surface area contributed by atoms with Crippen LogP contribution >= 0.6 is 11.6 Å². The number of aromatic nitrogens is 2. The molecule has 19 heavy (non-hydrogen) atoms. The minimum Gasteiger partial charge on any atom is -0.382 e. The molecule has 1 heterocycles. The van der Waals surface area contributed by atoms with Crippen molar-refractivity contribution in [3.05, 3.63) is 52.9 Å². The molecule has 2 rings (SSSR count). The average Bonchev–Trinajstić information content (AvgIpc) is 2.41. The highest BCUT2D eigenvalue weighted by molar-refractivity contribution is 6.31. The summed E-state index contributed by atoms with van der Waals surface area (Å²) in [6.07, 6.45) is 3.27. The average molecular weight is 277 g/mol. The molecule has 5 heteroatoms. The van der Waals surface area contributed by atoms with Crippen LogP contribution in [0.15, 0.2) is 36.7 Å². The molecule has 0 fully saturated rings. The zero-order chi connectivity index (χ0) is 13.8. The molecule has 0 aliphatic heterocycles. The molecule has 0 spiro atoms. The maximum atomic E-state index is 6.22. The Morgan fingerprint density at radius 1 is 1.26 bits per heavy atom. The summed E-state index contributed by atoms with van der Waals surface area (Å²) >= 11 is 6.22. The zero-order valence-corrected chi connectivity index (χ0v) is 11.8. The number of anilines is 1. The van der Waals surface area contributed by atoms with Gasteiger partial charge in [-0.25, -0.2) is 4.98 Å². The summed E-state index contributed by atoms with van der Waals surface area (Å²) in [6.45, 7) is 2.81. The fourth-order valence-electron chi connectivity index (χ4n) is 1.89. The first-order valence-corrected chi connectivity index (χ1v) is 6.47. The first-order valence-electron chi connectivity index (χ1n) is 6.09. The molecule has 2 aromatic rings. The van der Waals surface area contributed by atoms with Gasteiger partial charge < -0.3 is 5.73 Å². The van der Waals surface area contributed by atoms with Crippen molar-refractivity contribution in [2.75, 3.05) is 12.8 Å². The number of rotatable bonds is 4. The van der Waals surface area contributed by atoms with Crippen molar-refractivity contribution in [1.82, 2.24) is 14.9 Å². The number of nitrogens with two attached hydrogens (primary N) is 1. The normalized spacial score (nSPS) is 12.6. The fraction of sp³-hybridized carbons (Fsp3) is 0.286. The Balaban J connectivity index is 2.09. The van der Waals surface area contributed by atoms with E-state index in [9.17, 15) is 0 Å². The lowest BCUT2D eigenvalue weighted by molar-refractivity contribution is 0.250. The van der Waals surface area contributed by atoms with Gasteiger partial charge in [0.05, 0.1) is 18.1 Å². The summed E-state index contributed by atoms with van der Waals surface area (Å²) in [4.78, 5) is 10.5. The minimum atomic E-state index is 0.202. The molecule has 1 aromatic heterocycles. The number of hydrogen-bond acceptors (Lipinski definition) is 4. The maximum absolute atomic E-state index is 6.22. The number of halogens is 1. The Hall–Kier alpha value is -1.65. The molecule has 0 aliphatic carbocycles. The van der Waals surface area contributed by atoms with E-state index in [0.717, 1.165) is 16.3 Å². The van der Waals surface area contributed by atoms with E-state index in [2.05, 4.69) is 21.8 Å². The van der Waals surface area contributed by atoms with Crippen LogP contribution in [0.2, 0.25) is 5.02 Å². The van der Waals surface area contributed by atoms with Crippen molar-refractivity contribution in [1.29, 1.82) is 0 Å². The lowest BCUT2D eigenvalue weighted by atomic mass is 10.1. The molecule has 0 saturated carbocycles. The lowest BCUT2D eigenvalue weighted by Crippen LogP contribution is -2.22. The van der Waals surface area contributed by atoms with Crippen LogP contribution in [-0.4, -0.2) is 21.9 Å². The second-order valence-electron chi connectivity index (χ2n) is 4.55. The second kappa shape index (κ2) is 5.99. The smallest absolute Gasteiger partial charge is 0.141 e. The summed E-state index contributed by atoms with van der Waals surface area (Å²) in [6, 6.07) is 8.08.